The zero-order valence-corrected chi connectivity index (χ0v) is 20.7. The van der Waals surface area contributed by atoms with Gasteiger partial charge in [-0.05, 0) is 84.7 Å². The van der Waals surface area contributed by atoms with Gasteiger partial charge in [0.05, 0.1) is 27.1 Å². The van der Waals surface area contributed by atoms with Crippen LogP contribution in [0.2, 0.25) is 0 Å². The molecule has 0 unspecified atom stereocenters. The van der Waals surface area contributed by atoms with Crippen molar-refractivity contribution in [1.29, 1.82) is 0 Å². The van der Waals surface area contributed by atoms with E-state index in [1.807, 2.05) is 17.7 Å². The molecule has 0 saturated heterocycles. The van der Waals surface area contributed by atoms with Crippen molar-refractivity contribution in [3.8, 4) is 0 Å². The second kappa shape index (κ2) is 8.22. The average Bonchev–Trinajstić information content (AvgIpc) is 3.50. The van der Waals surface area contributed by atoms with Gasteiger partial charge in [-0.25, -0.2) is 22.8 Å². The monoisotopic (exact) mass is 469 g/mol. The number of nitrogens with zero attached hydrogens (tertiary/aromatic N) is 3. The molecule has 2 aromatic heterocycles. The van der Waals surface area contributed by atoms with E-state index in [0.717, 1.165) is 35.3 Å². The highest BCUT2D eigenvalue weighted by molar-refractivity contribution is 7.89. The lowest BCUT2D eigenvalue weighted by Crippen LogP contribution is -2.30. The fraction of sp³-hybridized carbons (Fsp3) is 0.458. The van der Waals surface area contributed by atoms with Crippen molar-refractivity contribution in [2.24, 2.45) is 0 Å². The van der Waals surface area contributed by atoms with Crippen LogP contribution >= 0.6 is 0 Å². The minimum absolute atomic E-state index is 0.152. The lowest BCUT2D eigenvalue weighted by molar-refractivity contribution is 0.102. The first-order chi connectivity index (χ1) is 15.4. The van der Waals surface area contributed by atoms with Crippen molar-refractivity contribution in [2.45, 2.75) is 76.8 Å². The molecule has 1 aromatic carbocycles. The molecule has 0 aliphatic heterocycles. The molecule has 1 aliphatic rings. The number of benzene rings is 1. The number of nitrogens with one attached hydrogen (secondary N) is 2. The smallest absolute Gasteiger partial charge is 0.256 e. The zero-order valence-electron chi connectivity index (χ0n) is 19.9. The molecule has 1 amide bonds. The summed E-state index contributed by atoms with van der Waals surface area (Å²) < 4.78 is 29.2. The Hall–Kier alpha value is -2.78. The summed E-state index contributed by atoms with van der Waals surface area (Å²) in [6.45, 7) is 11.6. The van der Waals surface area contributed by atoms with Gasteiger partial charge in [0.15, 0.2) is 5.65 Å². The quantitative estimate of drug-likeness (QED) is 0.559. The lowest BCUT2D eigenvalue weighted by Gasteiger charge is -2.20. The summed E-state index contributed by atoms with van der Waals surface area (Å²) in [5, 5.41) is 8.35. The number of aryl methyl sites for hydroxylation is 1. The Morgan fingerprint density at radius 3 is 2.33 bits per heavy atom. The number of aromatic nitrogens is 3. The van der Waals surface area contributed by atoms with Crippen molar-refractivity contribution in [3.63, 3.8) is 0 Å². The van der Waals surface area contributed by atoms with Gasteiger partial charge in [-0.15, -0.1) is 0 Å². The van der Waals surface area contributed by atoms with Gasteiger partial charge in [0.2, 0.25) is 10.0 Å². The number of sulfonamides is 1. The van der Waals surface area contributed by atoms with E-state index in [1.165, 1.54) is 12.1 Å². The molecule has 2 heterocycles. The number of hydrogen-bond donors (Lipinski definition) is 2. The third-order valence-corrected chi connectivity index (χ3v) is 7.20. The Labute approximate surface area is 194 Å². The van der Waals surface area contributed by atoms with E-state index in [2.05, 4.69) is 30.8 Å². The van der Waals surface area contributed by atoms with Crippen LogP contribution in [-0.4, -0.2) is 35.1 Å². The molecular weight excluding hydrogens is 438 g/mol. The Kier molecular flexibility index (Phi) is 5.82. The van der Waals surface area contributed by atoms with E-state index in [4.69, 9.17) is 10.1 Å². The van der Waals surface area contributed by atoms with Gasteiger partial charge in [-0.2, -0.15) is 5.10 Å². The van der Waals surface area contributed by atoms with Crippen LogP contribution in [0.1, 0.15) is 75.1 Å². The normalized spacial score (nSPS) is 14.8. The Morgan fingerprint density at radius 2 is 1.79 bits per heavy atom. The number of rotatable bonds is 6. The van der Waals surface area contributed by atoms with E-state index in [9.17, 15) is 13.2 Å². The maximum atomic E-state index is 13.4. The molecule has 2 N–H and O–H groups in total. The summed E-state index contributed by atoms with van der Waals surface area (Å²) in [4.78, 5) is 18.4. The fourth-order valence-electron chi connectivity index (χ4n) is 3.84. The SMILES string of the molecule is Cc1nn(C(C)(C)C)c2nc(C3CC3)cc(C(=O)Nc3ccc(S(=O)(=O)NC(C)C)cc3)c12. The molecule has 1 fully saturated rings. The fourth-order valence-corrected chi connectivity index (χ4v) is 5.09. The molecule has 176 valence electrons. The number of carbonyl (C=O) groups is 1. The minimum Gasteiger partial charge on any atom is -0.322 e. The van der Waals surface area contributed by atoms with E-state index in [0.29, 0.717) is 17.2 Å². The summed E-state index contributed by atoms with van der Waals surface area (Å²) in [5.74, 6) is 0.110. The molecule has 0 spiro atoms. The number of hydrogen-bond acceptors (Lipinski definition) is 5. The largest absolute Gasteiger partial charge is 0.322 e. The topological polar surface area (TPSA) is 106 Å². The van der Waals surface area contributed by atoms with Gasteiger partial charge in [0.25, 0.3) is 5.91 Å². The first kappa shape index (κ1) is 23.4. The lowest BCUT2D eigenvalue weighted by atomic mass is 10.1. The van der Waals surface area contributed by atoms with Crippen LogP contribution in [0.15, 0.2) is 35.2 Å². The molecule has 1 aliphatic carbocycles. The van der Waals surface area contributed by atoms with Gasteiger partial charge in [-0.1, -0.05) is 0 Å². The summed E-state index contributed by atoms with van der Waals surface area (Å²) in [5.41, 5.74) is 3.16. The molecule has 3 aromatic rings. The predicted octanol–water partition coefficient (Wildman–Crippen LogP) is 4.31. The second-order valence-electron chi connectivity index (χ2n) is 9.99. The first-order valence-electron chi connectivity index (χ1n) is 11.2. The maximum absolute atomic E-state index is 13.4. The third-order valence-electron chi connectivity index (χ3n) is 5.52. The van der Waals surface area contributed by atoms with Crippen LogP contribution in [-0.2, 0) is 15.6 Å². The highest BCUT2D eigenvalue weighted by atomic mass is 32.2. The minimum atomic E-state index is -3.59. The van der Waals surface area contributed by atoms with E-state index >= 15 is 0 Å². The van der Waals surface area contributed by atoms with Crippen molar-refractivity contribution in [3.05, 3.63) is 47.3 Å². The van der Waals surface area contributed by atoms with Gasteiger partial charge < -0.3 is 5.32 Å². The van der Waals surface area contributed by atoms with Gasteiger partial charge in [0, 0.05) is 23.3 Å². The van der Waals surface area contributed by atoms with Crippen molar-refractivity contribution >= 4 is 32.7 Å². The van der Waals surface area contributed by atoms with E-state index in [1.54, 1.807) is 26.0 Å². The molecule has 8 nitrogen and oxygen atoms in total. The van der Waals surface area contributed by atoms with Crippen molar-refractivity contribution in [1.82, 2.24) is 19.5 Å². The molecule has 0 radical (unpaired) electrons. The van der Waals surface area contributed by atoms with Crippen molar-refractivity contribution < 1.29 is 13.2 Å². The Balaban J connectivity index is 1.69. The van der Waals surface area contributed by atoms with Crippen LogP contribution in [0.4, 0.5) is 5.69 Å². The number of carbonyl (C=O) groups excluding carboxylic acids is 1. The second-order valence-corrected chi connectivity index (χ2v) is 11.7. The summed E-state index contributed by atoms with van der Waals surface area (Å²) in [7, 11) is -3.59. The molecular formula is C24H31N5O3S. The molecule has 33 heavy (non-hydrogen) atoms. The number of fused-ring (bicyclic) bond motifs is 1. The molecule has 1 saturated carbocycles. The molecule has 0 atom stereocenters. The van der Waals surface area contributed by atoms with E-state index in [-0.39, 0.29) is 22.4 Å². The van der Waals surface area contributed by atoms with Crippen LogP contribution < -0.4 is 10.0 Å². The third kappa shape index (κ3) is 4.79. The summed E-state index contributed by atoms with van der Waals surface area (Å²) in [6.07, 6.45) is 2.14. The number of anilines is 1. The van der Waals surface area contributed by atoms with Crippen LogP contribution in [0.3, 0.4) is 0 Å². The van der Waals surface area contributed by atoms with E-state index < -0.39 is 10.0 Å². The van der Waals surface area contributed by atoms with Crippen LogP contribution in [0.5, 0.6) is 0 Å². The molecule has 4 rings (SSSR count). The van der Waals surface area contributed by atoms with Crippen LogP contribution in [0, 0.1) is 6.92 Å². The highest BCUT2D eigenvalue weighted by Crippen LogP contribution is 2.41. The summed E-state index contributed by atoms with van der Waals surface area (Å²) >= 11 is 0. The summed E-state index contributed by atoms with van der Waals surface area (Å²) in [6, 6.07) is 7.84. The van der Waals surface area contributed by atoms with Gasteiger partial charge in [-0.3, -0.25) is 4.79 Å². The van der Waals surface area contributed by atoms with Crippen LogP contribution in [0.25, 0.3) is 11.0 Å². The molecule has 9 heteroatoms. The number of amides is 1. The Bertz CT molecular complexity index is 1310. The first-order valence-corrected chi connectivity index (χ1v) is 12.7. The van der Waals surface area contributed by atoms with Gasteiger partial charge in [0.1, 0.15) is 0 Å². The average molecular weight is 470 g/mol. The number of pyridine rings is 1. The zero-order chi connectivity index (χ0) is 24.1. The predicted molar refractivity (Wildman–Crippen MR) is 129 cm³/mol. The standard InChI is InChI=1S/C24H31N5O3S/c1-14(2)28-33(31,32)18-11-9-17(10-12-18)25-23(30)19-13-20(16-7-8-16)26-22-21(19)15(3)27-29(22)24(4,5)6/h9-14,16,28H,7-8H2,1-6H3,(H,25,30). The Morgan fingerprint density at radius 1 is 1.15 bits per heavy atom. The molecule has 0 bridgehead atoms. The van der Waals surface area contributed by atoms with Gasteiger partial charge >= 0.3 is 0 Å². The highest BCUT2D eigenvalue weighted by Gasteiger charge is 2.30. The maximum Gasteiger partial charge on any atom is 0.256 e. The van der Waals surface area contributed by atoms with Crippen molar-refractivity contribution in [2.75, 3.05) is 5.32 Å².